The fourth-order valence-corrected chi connectivity index (χ4v) is 10.0. The molecule has 4 saturated carbocycles. The molecule has 1 spiro atoms. The van der Waals surface area contributed by atoms with E-state index in [4.69, 9.17) is 28.7 Å². The number of aliphatic hydroxyl groups is 2. The van der Waals surface area contributed by atoms with Crippen LogP contribution in [-0.4, -0.2) is 99.6 Å². The maximum atomic E-state index is 13.4. The molecule has 0 unspecified atom stereocenters. The lowest BCUT2D eigenvalue weighted by molar-refractivity contribution is -0.190. The van der Waals surface area contributed by atoms with Crippen LogP contribution < -0.4 is 0 Å². The van der Waals surface area contributed by atoms with E-state index >= 15 is 0 Å². The number of esters is 1. The highest BCUT2D eigenvalue weighted by atomic mass is 16.6. The Balaban J connectivity index is 1.46. The van der Waals surface area contributed by atoms with Crippen molar-refractivity contribution in [2.24, 2.45) is 33.6 Å². The van der Waals surface area contributed by atoms with E-state index in [1.807, 2.05) is 6.07 Å². The number of nitrogens with zero attached hydrogens (tertiary/aromatic N) is 1. The number of aliphatic hydroxyl groups excluding tert-OH is 1. The standard InChI is InChI=1S/C30H37NO8/c1-35-14-28-11-10-17(36-2)30-16-12-29(34)25(39-27(33)15-8-6-5-7-9-15)18(16)19(21(32)26(29)38-4)20(24(30)31-13-28)22(37-3)23(28)30/h5-9,16-18,21-23,25-26,32,34H,10-14H2,1-4H3/t16-,17+,18+,21-,22+,23-,25-,26+,28+,29+,30+/m1/s1. The highest BCUT2D eigenvalue weighted by Gasteiger charge is 2.82. The lowest BCUT2D eigenvalue weighted by Gasteiger charge is -2.60. The molecule has 2 N–H and O–H groups in total. The van der Waals surface area contributed by atoms with Crippen molar-refractivity contribution in [3.8, 4) is 0 Å². The smallest absolute Gasteiger partial charge is 0.338 e. The molecule has 7 bridgehead atoms. The van der Waals surface area contributed by atoms with E-state index < -0.39 is 41.2 Å². The summed E-state index contributed by atoms with van der Waals surface area (Å²) in [4.78, 5) is 18.6. The number of methoxy groups -OCH3 is 4. The first-order valence-corrected chi connectivity index (χ1v) is 13.9. The summed E-state index contributed by atoms with van der Waals surface area (Å²) in [6, 6.07) is 8.80. The molecule has 1 aromatic rings. The molecule has 9 nitrogen and oxygen atoms in total. The van der Waals surface area contributed by atoms with Crippen molar-refractivity contribution in [3.05, 3.63) is 47.0 Å². The van der Waals surface area contributed by atoms with Crippen molar-refractivity contribution in [2.75, 3.05) is 41.6 Å². The van der Waals surface area contributed by atoms with Crippen LogP contribution in [0.5, 0.6) is 0 Å². The van der Waals surface area contributed by atoms with Crippen molar-refractivity contribution in [1.82, 2.24) is 0 Å². The monoisotopic (exact) mass is 539 g/mol. The minimum atomic E-state index is -1.59. The number of fused-ring (bicyclic) bond motifs is 1. The number of aliphatic imine (C=N–C) groups is 1. The first-order chi connectivity index (χ1) is 18.8. The fraction of sp³-hybridized carbons (Fsp3) is 0.667. The van der Waals surface area contributed by atoms with Gasteiger partial charge in [-0.25, -0.2) is 4.79 Å². The summed E-state index contributed by atoms with van der Waals surface area (Å²) in [6.45, 7) is 1.15. The Labute approximate surface area is 228 Å². The molecule has 7 rings (SSSR count). The quantitative estimate of drug-likeness (QED) is 0.504. The zero-order valence-electron chi connectivity index (χ0n) is 22.8. The van der Waals surface area contributed by atoms with Crippen LogP contribution in [0.15, 0.2) is 46.5 Å². The third kappa shape index (κ3) is 2.91. The third-order valence-electron chi connectivity index (χ3n) is 11.1. The number of carbonyl (C=O) groups excluding carboxylic acids is 1. The van der Waals surface area contributed by atoms with Crippen LogP contribution in [0.25, 0.3) is 0 Å². The van der Waals surface area contributed by atoms with Gasteiger partial charge >= 0.3 is 5.97 Å². The molecular formula is C30H37NO8. The highest BCUT2D eigenvalue weighted by Crippen LogP contribution is 2.75. The molecule has 210 valence electrons. The number of carbonyl (C=O) groups is 1. The summed E-state index contributed by atoms with van der Waals surface area (Å²) in [5, 5.41) is 24.2. The molecular weight excluding hydrogens is 502 g/mol. The molecule has 5 aliphatic carbocycles. The van der Waals surface area contributed by atoms with Crippen LogP contribution in [0.3, 0.4) is 0 Å². The van der Waals surface area contributed by atoms with Crippen LogP contribution in [0.2, 0.25) is 0 Å². The molecule has 1 aromatic carbocycles. The van der Waals surface area contributed by atoms with E-state index in [2.05, 4.69) is 0 Å². The molecule has 39 heavy (non-hydrogen) atoms. The molecule has 9 heteroatoms. The van der Waals surface area contributed by atoms with Crippen molar-refractivity contribution in [1.29, 1.82) is 0 Å². The summed E-state index contributed by atoms with van der Waals surface area (Å²) in [6.07, 6.45) is -1.48. The van der Waals surface area contributed by atoms with E-state index in [1.54, 1.807) is 45.6 Å². The number of hydrogen-bond acceptors (Lipinski definition) is 9. The predicted octanol–water partition coefficient (Wildman–Crippen LogP) is 1.81. The average molecular weight is 540 g/mol. The number of rotatable bonds is 7. The van der Waals surface area contributed by atoms with Crippen molar-refractivity contribution in [3.63, 3.8) is 0 Å². The molecule has 0 aromatic heterocycles. The zero-order chi connectivity index (χ0) is 27.3. The number of ether oxygens (including phenoxy) is 5. The minimum Gasteiger partial charge on any atom is -0.455 e. The topological polar surface area (TPSA) is 116 Å². The lowest BCUT2D eigenvalue weighted by atomic mass is 9.46. The SMILES string of the molecule is COC[C@]12CC[C@H](OC)[C@@]34C(=NC1)C(=C1[C@H]5[C@@H](OC(=O)c6ccccc6)[C@@](O)(C[C@H]53)[C@@H](OC)[C@@H]1O)[C@H](OC)[C@H]24. The Morgan fingerprint density at radius 2 is 1.85 bits per heavy atom. The molecule has 0 saturated heterocycles. The van der Waals surface area contributed by atoms with Crippen molar-refractivity contribution < 1.29 is 38.7 Å². The second-order valence-electron chi connectivity index (χ2n) is 12.3. The van der Waals surface area contributed by atoms with Gasteiger partial charge in [-0.15, -0.1) is 0 Å². The van der Waals surface area contributed by atoms with Gasteiger partial charge in [0.25, 0.3) is 0 Å². The van der Waals surface area contributed by atoms with Gasteiger partial charge in [-0.1, -0.05) is 18.2 Å². The van der Waals surface area contributed by atoms with Gasteiger partial charge in [0, 0.05) is 63.2 Å². The minimum absolute atomic E-state index is 0.0136. The average Bonchev–Trinajstić information content (AvgIpc) is 3.26. The van der Waals surface area contributed by atoms with Gasteiger partial charge < -0.3 is 33.9 Å². The molecule has 1 aliphatic heterocycles. The van der Waals surface area contributed by atoms with Crippen LogP contribution in [-0.2, 0) is 23.7 Å². The Bertz CT molecular complexity index is 1250. The largest absolute Gasteiger partial charge is 0.455 e. The summed E-state index contributed by atoms with van der Waals surface area (Å²) in [5.74, 6) is -1.14. The van der Waals surface area contributed by atoms with Crippen molar-refractivity contribution in [2.45, 2.75) is 55.4 Å². The molecule has 11 atom stereocenters. The first kappa shape index (κ1) is 25.8. The Morgan fingerprint density at radius 1 is 1.08 bits per heavy atom. The van der Waals surface area contributed by atoms with Crippen LogP contribution in [0.4, 0.5) is 0 Å². The van der Waals surface area contributed by atoms with Gasteiger partial charge in [-0.05, 0) is 42.9 Å². The lowest BCUT2D eigenvalue weighted by Crippen LogP contribution is -2.66. The second kappa shape index (κ2) is 8.68. The first-order valence-electron chi connectivity index (χ1n) is 13.9. The van der Waals surface area contributed by atoms with Crippen LogP contribution >= 0.6 is 0 Å². The summed E-state index contributed by atoms with van der Waals surface area (Å²) in [7, 11) is 6.67. The Morgan fingerprint density at radius 3 is 2.51 bits per heavy atom. The van der Waals surface area contributed by atoms with Gasteiger partial charge in [0.05, 0.1) is 30.1 Å². The van der Waals surface area contributed by atoms with Crippen LogP contribution in [0, 0.1) is 28.6 Å². The van der Waals surface area contributed by atoms with Gasteiger partial charge in [0.2, 0.25) is 0 Å². The maximum Gasteiger partial charge on any atom is 0.338 e. The Hall–Kier alpha value is -2.14. The third-order valence-corrected chi connectivity index (χ3v) is 11.1. The van der Waals surface area contributed by atoms with E-state index in [0.717, 1.165) is 29.7 Å². The number of benzene rings is 1. The molecule has 1 heterocycles. The van der Waals surface area contributed by atoms with Crippen LogP contribution in [0.1, 0.15) is 29.6 Å². The van der Waals surface area contributed by atoms with Crippen molar-refractivity contribution >= 4 is 11.7 Å². The predicted molar refractivity (Wildman–Crippen MR) is 139 cm³/mol. The Kier molecular flexibility index (Phi) is 5.74. The summed E-state index contributed by atoms with van der Waals surface area (Å²) < 4.78 is 30.4. The highest BCUT2D eigenvalue weighted by molar-refractivity contribution is 6.12. The van der Waals surface area contributed by atoms with E-state index in [-0.39, 0.29) is 35.9 Å². The zero-order valence-corrected chi connectivity index (χ0v) is 22.8. The van der Waals surface area contributed by atoms with E-state index in [0.29, 0.717) is 18.7 Å². The molecule has 0 radical (unpaired) electrons. The summed E-state index contributed by atoms with van der Waals surface area (Å²) >= 11 is 0. The van der Waals surface area contributed by atoms with Gasteiger partial charge in [0.1, 0.15) is 23.9 Å². The number of hydrogen-bond donors (Lipinski definition) is 2. The van der Waals surface area contributed by atoms with E-state index in [9.17, 15) is 15.0 Å². The second-order valence-corrected chi connectivity index (χ2v) is 12.3. The van der Waals surface area contributed by atoms with Gasteiger partial charge in [-0.3, -0.25) is 4.99 Å². The maximum absolute atomic E-state index is 13.4. The summed E-state index contributed by atoms with van der Waals surface area (Å²) in [5.41, 5.74) is 0.525. The fourth-order valence-electron chi connectivity index (χ4n) is 10.0. The molecule has 4 fully saturated rings. The molecule has 0 amide bonds. The van der Waals surface area contributed by atoms with Gasteiger partial charge in [-0.2, -0.15) is 0 Å². The van der Waals surface area contributed by atoms with Gasteiger partial charge in [0.15, 0.2) is 0 Å². The molecule has 6 aliphatic rings. The normalized spacial score (nSPS) is 46.8. The van der Waals surface area contributed by atoms with E-state index in [1.165, 1.54) is 7.11 Å².